The van der Waals surface area contributed by atoms with Crippen molar-refractivity contribution in [3.8, 4) is 23.1 Å². The molecule has 2 saturated heterocycles. The second-order valence-electron chi connectivity index (χ2n) is 16.0. The molecular formula is C39H49ClFN7O7. The maximum Gasteiger partial charge on any atom is 0.319 e. The summed E-state index contributed by atoms with van der Waals surface area (Å²) in [7, 11) is 3.24. The van der Waals surface area contributed by atoms with Gasteiger partial charge in [0.25, 0.3) is 0 Å². The van der Waals surface area contributed by atoms with Crippen LogP contribution < -0.4 is 14.4 Å². The van der Waals surface area contributed by atoms with Crippen molar-refractivity contribution in [1.82, 2.24) is 30.0 Å². The van der Waals surface area contributed by atoms with Gasteiger partial charge < -0.3 is 33.7 Å². The van der Waals surface area contributed by atoms with Crippen molar-refractivity contribution in [1.29, 1.82) is 0 Å². The summed E-state index contributed by atoms with van der Waals surface area (Å²) in [6.45, 7) is 6.31. The number of nitrogens with zero attached hydrogens (tertiary/aromatic N) is 6. The van der Waals surface area contributed by atoms with E-state index in [0.717, 1.165) is 51.5 Å². The molecule has 0 amide bonds. The van der Waals surface area contributed by atoms with Crippen LogP contribution >= 0.6 is 11.6 Å². The van der Waals surface area contributed by atoms with Crippen LogP contribution in [0.5, 0.6) is 11.9 Å². The Morgan fingerprint density at radius 3 is 2.76 bits per heavy atom. The van der Waals surface area contributed by atoms with E-state index in [4.69, 9.17) is 50.2 Å². The third kappa shape index (κ3) is 7.07. The number of hydrogen-bond acceptors (Lipinski definition) is 13. The third-order valence-electron chi connectivity index (χ3n) is 12.2. The first-order valence-corrected chi connectivity index (χ1v) is 19.5. The molecule has 2 aliphatic heterocycles. The largest absolute Gasteiger partial charge is 0.480 e. The number of anilines is 1. The fourth-order valence-electron chi connectivity index (χ4n) is 9.35. The Morgan fingerprint density at radius 2 is 2.00 bits per heavy atom. The fourth-order valence-corrected chi connectivity index (χ4v) is 9.56. The number of fused-ring (bicyclic) bond motifs is 3. The second kappa shape index (κ2) is 14.9. The lowest BCUT2D eigenvalue weighted by atomic mass is 9.73. The number of aliphatic hydroxyl groups is 1. The first-order valence-electron chi connectivity index (χ1n) is 19.1. The van der Waals surface area contributed by atoms with Gasteiger partial charge in [-0.25, -0.2) is 9.37 Å². The summed E-state index contributed by atoms with van der Waals surface area (Å²) in [6.07, 6.45) is 8.66. The average molecular weight is 782 g/mol. The van der Waals surface area contributed by atoms with E-state index in [1.54, 1.807) is 38.1 Å². The van der Waals surface area contributed by atoms with Crippen molar-refractivity contribution >= 4 is 45.2 Å². The molecule has 2 saturated carbocycles. The number of ether oxygens (including phenoxy) is 5. The third-order valence-corrected chi connectivity index (χ3v) is 12.5. The molecule has 4 unspecified atom stereocenters. The molecule has 55 heavy (non-hydrogen) atoms. The van der Waals surface area contributed by atoms with Gasteiger partial charge in [-0.05, 0) is 70.5 Å². The Bertz CT molecular complexity index is 2090. The fraction of sp³-hybridized carbons (Fsp3) is 0.615. The van der Waals surface area contributed by atoms with Crippen LogP contribution in [0, 0.1) is 18.2 Å². The molecule has 4 fully saturated rings. The van der Waals surface area contributed by atoms with Crippen LogP contribution in [0.25, 0.3) is 33.1 Å². The summed E-state index contributed by atoms with van der Waals surface area (Å²) >= 11 is 6.65. The molecular weight excluding hydrogens is 733 g/mol. The number of likely N-dealkylation sites (tertiary alicyclic amines) is 1. The number of rotatable bonds is 10. The molecule has 0 radical (unpaired) electrons. The zero-order chi connectivity index (χ0) is 38.6. The van der Waals surface area contributed by atoms with Gasteiger partial charge in [-0.1, -0.05) is 18.0 Å². The van der Waals surface area contributed by atoms with Crippen molar-refractivity contribution < 1.29 is 38.0 Å². The van der Waals surface area contributed by atoms with E-state index in [1.807, 2.05) is 0 Å². The quantitative estimate of drug-likeness (QED) is 0.198. The van der Waals surface area contributed by atoms with Crippen LogP contribution in [-0.4, -0.2) is 125 Å². The van der Waals surface area contributed by atoms with Gasteiger partial charge >= 0.3 is 12.0 Å². The number of piperidine rings is 1. The van der Waals surface area contributed by atoms with Crippen molar-refractivity contribution in [2.45, 2.75) is 95.6 Å². The highest BCUT2D eigenvalue weighted by atomic mass is 35.5. The Labute approximate surface area is 324 Å². The molecule has 1 aromatic carbocycles. The van der Waals surface area contributed by atoms with Gasteiger partial charge in [0.1, 0.15) is 40.7 Å². The number of methoxy groups -OCH3 is 2. The molecule has 2 aliphatic carbocycles. The molecule has 4 aromatic rings. The van der Waals surface area contributed by atoms with E-state index in [0.29, 0.717) is 51.8 Å². The highest BCUT2D eigenvalue weighted by Gasteiger charge is 2.52. The SMILES string of the molecule is COc1nc(-c2c(C)c(Cl)cc3[nH]ncc23)c(F)c2nc(OCC34CCCC3N(C3CC(OC)C3)CCC4)nc(N3CC(COC(C)=O)OCC(C)(O)C3)c12. The number of carbonyl (C=O) groups is 1. The van der Waals surface area contributed by atoms with Crippen LogP contribution in [0.2, 0.25) is 5.02 Å². The number of halogens is 2. The predicted octanol–water partition coefficient (Wildman–Crippen LogP) is 5.39. The van der Waals surface area contributed by atoms with Gasteiger partial charge in [-0.3, -0.25) is 14.8 Å². The normalized spacial score (nSPS) is 28.5. The highest BCUT2D eigenvalue weighted by Crippen LogP contribution is 2.51. The van der Waals surface area contributed by atoms with E-state index in [9.17, 15) is 9.90 Å². The summed E-state index contributed by atoms with van der Waals surface area (Å²) in [4.78, 5) is 30.7. The van der Waals surface area contributed by atoms with E-state index in [1.165, 1.54) is 14.0 Å². The van der Waals surface area contributed by atoms with Gasteiger partial charge in [-0.15, -0.1) is 0 Å². The van der Waals surface area contributed by atoms with Crippen LogP contribution in [0.15, 0.2) is 12.3 Å². The van der Waals surface area contributed by atoms with Crippen LogP contribution in [-0.2, 0) is 19.0 Å². The Hall–Kier alpha value is -3.89. The highest BCUT2D eigenvalue weighted by molar-refractivity contribution is 6.33. The van der Waals surface area contributed by atoms with Gasteiger partial charge in [0, 0.05) is 54.0 Å². The smallest absolute Gasteiger partial charge is 0.319 e. The molecule has 5 heterocycles. The molecule has 4 atom stereocenters. The van der Waals surface area contributed by atoms with Crippen molar-refractivity contribution in [2.75, 3.05) is 58.6 Å². The summed E-state index contributed by atoms with van der Waals surface area (Å²) in [5, 5.41) is 19.8. The van der Waals surface area contributed by atoms with E-state index in [-0.39, 0.29) is 66.0 Å². The van der Waals surface area contributed by atoms with Gasteiger partial charge in [-0.2, -0.15) is 15.1 Å². The van der Waals surface area contributed by atoms with Crippen molar-refractivity contribution in [3.05, 3.63) is 28.7 Å². The van der Waals surface area contributed by atoms with Gasteiger partial charge in [0.05, 0.1) is 44.7 Å². The first kappa shape index (κ1) is 38.0. The zero-order valence-corrected chi connectivity index (χ0v) is 32.7. The molecule has 14 nitrogen and oxygen atoms in total. The lowest BCUT2D eigenvalue weighted by molar-refractivity contribution is -0.145. The number of benzene rings is 1. The topological polar surface area (TPSA) is 157 Å². The van der Waals surface area contributed by atoms with E-state index >= 15 is 4.39 Å². The Balaban J connectivity index is 1.24. The van der Waals surface area contributed by atoms with Crippen LogP contribution in [0.4, 0.5) is 10.2 Å². The van der Waals surface area contributed by atoms with Gasteiger partial charge in [0.15, 0.2) is 5.82 Å². The number of aromatic amines is 1. The molecule has 4 aliphatic rings. The molecule has 296 valence electrons. The predicted molar refractivity (Wildman–Crippen MR) is 203 cm³/mol. The van der Waals surface area contributed by atoms with Crippen LogP contribution in [0.1, 0.15) is 64.4 Å². The number of aromatic nitrogens is 5. The Morgan fingerprint density at radius 1 is 1.20 bits per heavy atom. The number of hydrogen-bond donors (Lipinski definition) is 2. The first-order chi connectivity index (χ1) is 26.4. The van der Waals surface area contributed by atoms with Crippen molar-refractivity contribution in [2.24, 2.45) is 5.41 Å². The maximum absolute atomic E-state index is 17.4. The average Bonchev–Trinajstić information content (AvgIpc) is 3.76. The van der Waals surface area contributed by atoms with Gasteiger partial charge in [0.2, 0.25) is 5.88 Å². The number of H-pyrrole nitrogens is 1. The molecule has 3 aromatic heterocycles. The molecule has 16 heteroatoms. The summed E-state index contributed by atoms with van der Waals surface area (Å²) in [5.74, 6) is -0.863. The maximum atomic E-state index is 17.4. The molecule has 0 spiro atoms. The molecule has 2 N–H and O–H groups in total. The summed E-state index contributed by atoms with van der Waals surface area (Å²) in [5.41, 5.74) is 0.149. The van der Waals surface area contributed by atoms with E-state index < -0.39 is 23.5 Å². The number of esters is 1. The minimum Gasteiger partial charge on any atom is -0.480 e. The minimum absolute atomic E-state index is 0.00143. The molecule has 8 rings (SSSR count). The lowest BCUT2D eigenvalue weighted by Gasteiger charge is -2.53. The number of pyridine rings is 1. The van der Waals surface area contributed by atoms with E-state index in [2.05, 4.69) is 15.1 Å². The lowest BCUT2D eigenvalue weighted by Crippen LogP contribution is -2.59. The summed E-state index contributed by atoms with van der Waals surface area (Å²) in [6, 6.07) is 2.60. The number of β-amino-alcohol motifs (C(OH)–C–C–N with tert-alkyl or cyclic N) is 1. The minimum atomic E-state index is -1.35. The number of carbonyl (C=O) groups excluding carboxylic acids is 1. The second-order valence-corrected chi connectivity index (χ2v) is 16.4. The monoisotopic (exact) mass is 781 g/mol. The van der Waals surface area contributed by atoms with Crippen molar-refractivity contribution in [3.63, 3.8) is 0 Å². The summed E-state index contributed by atoms with van der Waals surface area (Å²) < 4.78 is 46.9. The van der Waals surface area contributed by atoms with Crippen LogP contribution in [0.3, 0.4) is 0 Å². The standard InChI is InChI=1S/C39H49ClFN7O7/c1-21-27(40)14-28-26(15-42-46-28)30(21)33-32(41)34-31(36(43-33)52-5)35(47-16-25(17-53-22(2)49)54-19-38(3,50)18-47)45-37(44-34)55-20-39-9-6-8-29(39)48(11-7-10-39)23-12-24(13-23)51-4/h14-15,23-25,29,50H,6-13,16-20H2,1-5H3,(H,42,46). The number of nitrogens with one attached hydrogen (secondary N) is 1. The molecule has 0 bridgehead atoms. The zero-order valence-electron chi connectivity index (χ0n) is 32.0. The Kier molecular flexibility index (Phi) is 10.3.